The van der Waals surface area contributed by atoms with E-state index < -0.39 is 17.7 Å². The number of aliphatic hydroxyl groups is 1. The number of ether oxygens (including phenoxy) is 4. The van der Waals surface area contributed by atoms with Gasteiger partial charge in [0.15, 0.2) is 11.5 Å². The summed E-state index contributed by atoms with van der Waals surface area (Å²) >= 11 is 5.96. The summed E-state index contributed by atoms with van der Waals surface area (Å²) in [6.07, 6.45) is 0.505. The molecule has 1 heterocycles. The monoisotopic (exact) mass is 475 g/mol. The topological polar surface area (TPSA) is 94.5 Å². The van der Waals surface area contributed by atoms with Crippen molar-refractivity contribution in [2.24, 2.45) is 0 Å². The molecule has 1 aliphatic rings. The van der Waals surface area contributed by atoms with Gasteiger partial charge in [-0.2, -0.15) is 0 Å². The minimum absolute atomic E-state index is 0.0333. The number of carbonyl (C=O) groups is 2. The molecule has 1 saturated heterocycles. The van der Waals surface area contributed by atoms with Crippen molar-refractivity contribution in [3.63, 3.8) is 0 Å². The van der Waals surface area contributed by atoms with Crippen LogP contribution in [0.4, 0.5) is 0 Å². The Kier molecular flexibility index (Phi) is 7.84. The standard InChI is InChI=1S/C24H26ClNO7/c1-30-11-5-10-26-20(15-12-17(31-2)23(33-4)18(13-15)32-3)19(22(28)24(26)29)21(27)14-6-8-16(25)9-7-14/h6-9,12-13,20,27H,5,10-11H2,1-4H3/b21-19+. The normalized spacial score (nSPS) is 17.4. The molecular formula is C24H26ClNO7. The van der Waals surface area contributed by atoms with Gasteiger partial charge >= 0.3 is 0 Å². The van der Waals surface area contributed by atoms with Crippen molar-refractivity contribution in [3.8, 4) is 17.2 Å². The Morgan fingerprint density at radius 1 is 1.00 bits per heavy atom. The molecule has 1 atom stereocenters. The summed E-state index contributed by atoms with van der Waals surface area (Å²) in [5.41, 5.74) is 0.859. The number of hydrogen-bond donors (Lipinski definition) is 1. The number of rotatable bonds is 9. The number of nitrogens with zero attached hydrogens (tertiary/aromatic N) is 1. The quantitative estimate of drug-likeness (QED) is 0.255. The highest BCUT2D eigenvalue weighted by Gasteiger charge is 2.46. The van der Waals surface area contributed by atoms with Crippen LogP contribution >= 0.6 is 11.6 Å². The van der Waals surface area contributed by atoms with Gasteiger partial charge in [0.1, 0.15) is 5.76 Å². The number of Topliss-reactive ketones (excluding diaryl/α,β-unsaturated/α-hetero) is 1. The zero-order valence-corrected chi connectivity index (χ0v) is 19.6. The Balaban J connectivity index is 2.22. The lowest BCUT2D eigenvalue weighted by molar-refractivity contribution is -0.140. The summed E-state index contributed by atoms with van der Waals surface area (Å²) in [4.78, 5) is 27.5. The fourth-order valence-electron chi connectivity index (χ4n) is 3.86. The number of halogens is 1. The molecule has 2 aromatic rings. The van der Waals surface area contributed by atoms with Crippen molar-refractivity contribution in [1.82, 2.24) is 4.90 Å². The van der Waals surface area contributed by atoms with Gasteiger partial charge in [0.05, 0.1) is 32.9 Å². The van der Waals surface area contributed by atoms with Crippen molar-refractivity contribution in [2.75, 3.05) is 41.6 Å². The number of methoxy groups -OCH3 is 4. The first-order valence-electron chi connectivity index (χ1n) is 10.2. The Labute approximate surface area is 197 Å². The Morgan fingerprint density at radius 3 is 2.12 bits per heavy atom. The lowest BCUT2D eigenvalue weighted by atomic mass is 9.94. The van der Waals surface area contributed by atoms with Crippen LogP contribution in [0.1, 0.15) is 23.6 Å². The highest BCUT2D eigenvalue weighted by molar-refractivity contribution is 6.46. The number of benzene rings is 2. The average molecular weight is 476 g/mol. The number of ketones is 1. The van der Waals surface area contributed by atoms with E-state index in [4.69, 9.17) is 30.5 Å². The highest BCUT2D eigenvalue weighted by atomic mass is 35.5. The summed E-state index contributed by atoms with van der Waals surface area (Å²) in [6.45, 7) is 0.652. The van der Waals surface area contributed by atoms with Crippen LogP contribution in [0.25, 0.3) is 5.76 Å². The predicted octanol–water partition coefficient (Wildman–Crippen LogP) is 3.82. The fraction of sp³-hybridized carbons (Fsp3) is 0.333. The molecule has 1 fully saturated rings. The third-order valence-corrected chi connectivity index (χ3v) is 5.66. The van der Waals surface area contributed by atoms with Crippen molar-refractivity contribution < 1.29 is 33.6 Å². The maximum Gasteiger partial charge on any atom is 0.295 e. The lowest BCUT2D eigenvalue weighted by Crippen LogP contribution is -2.31. The summed E-state index contributed by atoms with van der Waals surface area (Å²) < 4.78 is 21.4. The van der Waals surface area contributed by atoms with Gasteiger partial charge in [-0.05, 0) is 48.4 Å². The first-order chi connectivity index (χ1) is 15.9. The van der Waals surface area contributed by atoms with E-state index in [0.717, 1.165) is 0 Å². The number of carbonyl (C=O) groups excluding carboxylic acids is 2. The van der Waals surface area contributed by atoms with Gasteiger partial charge in [0.2, 0.25) is 5.75 Å². The second kappa shape index (κ2) is 10.6. The van der Waals surface area contributed by atoms with E-state index in [9.17, 15) is 14.7 Å². The highest BCUT2D eigenvalue weighted by Crippen LogP contribution is 2.45. The Bertz CT molecular complexity index is 1040. The molecule has 3 rings (SSSR count). The number of hydrogen-bond acceptors (Lipinski definition) is 7. The largest absolute Gasteiger partial charge is 0.507 e. The molecule has 0 spiro atoms. The molecule has 0 radical (unpaired) electrons. The van der Waals surface area contributed by atoms with Crippen LogP contribution in [0.3, 0.4) is 0 Å². The summed E-state index contributed by atoms with van der Waals surface area (Å²) in [5, 5.41) is 11.6. The molecule has 1 amide bonds. The third kappa shape index (κ3) is 4.77. The molecule has 0 bridgehead atoms. The van der Waals surface area contributed by atoms with E-state index >= 15 is 0 Å². The average Bonchev–Trinajstić information content (AvgIpc) is 3.08. The van der Waals surface area contributed by atoms with E-state index in [1.165, 1.54) is 26.2 Å². The molecule has 1 aliphatic heterocycles. The Morgan fingerprint density at radius 2 is 1.61 bits per heavy atom. The smallest absolute Gasteiger partial charge is 0.295 e. The van der Waals surface area contributed by atoms with Gasteiger partial charge in [-0.3, -0.25) is 9.59 Å². The summed E-state index contributed by atoms with van der Waals surface area (Å²) in [5.74, 6) is -0.684. The minimum atomic E-state index is -0.869. The molecule has 1 N–H and O–H groups in total. The molecule has 8 nitrogen and oxygen atoms in total. The molecule has 1 unspecified atom stereocenters. The third-order valence-electron chi connectivity index (χ3n) is 5.41. The van der Waals surface area contributed by atoms with E-state index in [2.05, 4.69) is 0 Å². The van der Waals surface area contributed by atoms with Crippen LogP contribution in [-0.4, -0.2) is 63.3 Å². The second-order valence-electron chi connectivity index (χ2n) is 7.30. The van der Waals surface area contributed by atoms with E-state index in [0.29, 0.717) is 46.4 Å². The van der Waals surface area contributed by atoms with Crippen LogP contribution in [0.5, 0.6) is 17.2 Å². The molecule has 0 saturated carbocycles. The number of amides is 1. The maximum atomic E-state index is 13.1. The zero-order valence-electron chi connectivity index (χ0n) is 18.9. The number of likely N-dealkylation sites (tertiary alicyclic amines) is 1. The fourth-order valence-corrected chi connectivity index (χ4v) is 3.98. The molecule has 33 heavy (non-hydrogen) atoms. The molecule has 0 aromatic heterocycles. The van der Waals surface area contributed by atoms with Gasteiger partial charge in [-0.25, -0.2) is 0 Å². The molecule has 176 valence electrons. The van der Waals surface area contributed by atoms with Gasteiger partial charge < -0.3 is 29.0 Å². The van der Waals surface area contributed by atoms with Crippen molar-refractivity contribution in [3.05, 3.63) is 58.1 Å². The van der Waals surface area contributed by atoms with E-state index in [1.807, 2.05) is 0 Å². The first-order valence-corrected chi connectivity index (χ1v) is 10.6. The first kappa shape index (κ1) is 24.4. The molecule has 2 aromatic carbocycles. The van der Waals surface area contributed by atoms with E-state index in [1.54, 1.807) is 43.5 Å². The maximum absolute atomic E-state index is 13.1. The van der Waals surface area contributed by atoms with Crippen LogP contribution in [0.15, 0.2) is 42.0 Å². The van der Waals surface area contributed by atoms with Crippen molar-refractivity contribution >= 4 is 29.1 Å². The SMILES string of the molecule is COCCCN1C(=O)C(=O)/C(=C(/O)c2ccc(Cl)cc2)C1c1cc(OC)c(OC)c(OC)c1. The molecular weight excluding hydrogens is 450 g/mol. The summed E-state index contributed by atoms with van der Waals surface area (Å²) in [6, 6.07) is 8.82. The minimum Gasteiger partial charge on any atom is -0.507 e. The Hall–Kier alpha value is -3.23. The van der Waals surface area contributed by atoms with Crippen molar-refractivity contribution in [1.29, 1.82) is 0 Å². The molecule has 9 heteroatoms. The second-order valence-corrected chi connectivity index (χ2v) is 7.74. The van der Waals surface area contributed by atoms with Gasteiger partial charge in [-0.1, -0.05) is 11.6 Å². The van der Waals surface area contributed by atoms with Gasteiger partial charge in [-0.15, -0.1) is 0 Å². The van der Waals surface area contributed by atoms with Gasteiger partial charge in [0, 0.05) is 30.8 Å². The summed E-state index contributed by atoms with van der Waals surface area (Å²) in [7, 11) is 6.00. The van der Waals surface area contributed by atoms with Crippen LogP contribution < -0.4 is 14.2 Å². The zero-order chi connectivity index (χ0) is 24.1. The van der Waals surface area contributed by atoms with Crippen LogP contribution in [-0.2, 0) is 14.3 Å². The van der Waals surface area contributed by atoms with Crippen LogP contribution in [0, 0.1) is 0 Å². The predicted molar refractivity (Wildman–Crippen MR) is 123 cm³/mol. The molecule has 0 aliphatic carbocycles. The van der Waals surface area contributed by atoms with Crippen molar-refractivity contribution in [2.45, 2.75) is 12.5 Å². The van der Waals surface area contributed by atoms with Crippen LogP contribution in [0.2, 0.25) is 5.02 Å². The van der Waals surface area contributed by atoms with Gasteiger partial charge in [0.25, 0.3) is 11.7 Å². The lowest BCUT2D eigenvalue weighted by Gasteiger charge is -2.26. The van der Waals surface area contributed by atoms with E-state index in [-0.39, 0.29) is 17.9 Å². The number of aliphatic hydroxyl groups excluding tert-OH is 1.